The van der Waals surface area contributed by atoms with E-state index in [0.717, 1.165) is 71.6 Å². The van der Waals surface area contributed by atoms with E-state index < -0.39 is 11.9 Å². The number of phenols is 1. The molecule has 9 aromatic rings. The summed E-state index contributed by atoms with van der Waals surface area (Å²) in [5, 5.41) is 34.3. The fraction of sp³-hybridized carbons (Fsp3) is 0. The lowest BCUT2D eigenvalue weighted by atomic mass is 9.93. The number of phenolic OH excluding ortho intramolecular Hbond substituents is 1. The molecule has 0 unspecified atom stereocenters. The van der Waals surface area contributed by atoms with Gasteiger partial charge in [0.25, 0.3) is 0 Å². The lowest BCUT2D eigenvalue weighted by molar-refractivity contribution is 0.0686. The van der Waals surface area contributed by atoms with Crippen molar-refractivity contribution in [3.63, 3.8) is 0 Å². The van der Waals surface area contributed by atoms with Crippen molar-refractivity contribution in [1.82, 2.24) is 9.55 Å². The zero-order valence-corrected chi connectivity index (χ0v) is 28.6. The normalized spacial score (nSPS) is 11.3. The van der Waals surface area contributed by atoms with E-state index >= 15 is 0 Å². The molecule has 0 bridgehead atoms. The van der Waals surface area contributed by atoms with Crippen LogP contribution in [0.4, 0.5) is 0 Å². The molecule has 0 saturated carbocycles. The molecule has 258 valence electrons. The summed E-state index contributed by atoms with van der Waals surface area (Å²) in [6.07, 6.45) is 0. The summed E-state index contributed by atoms with van der Waals surface area (Å²) in [4.78, 5) is 28.6. The van der Waals surface area contributed by atoms with Crippen LogP contribution in [0, 0.1) is 0 Å². The third-order valence-electron chi connectivity index (χ3n) is 10.0. The van der Waals surface area contributed by atoms with Crippen molar-refractivity contribution >= 4 is 44.5 Å². The van der Waals surface area contributed by atoms with Gasteiger partial charge in [-0.25, -0.2) is 14.6 Å². The van der Waals surface area contributed by atoms with E-state index in [1.165, 1.54) is 0 Å². The Labute approximate surface area is 309 Å². The molecule has 0 aliphatic heterocycles. The van der Waals surface area contributed by atoms with Gasteiger partial charge in [-0.2, -0.15) is 0 Å². The molecule has 7 heteroatoms. The van der Waals surface area contributed by atoms with E-state index in [9.17, 15) is 24.9 Å². The molecular weight excluding hydrogens is 673 g/mol. The summed E-state index contributed by atoms with van der Waals surface area (Å²) in [6.45, 7) is 0. The van der Waals surface area contributed by atoms with Crippen molar-refractivity contribution in [2.24, 2.45) is 0 Å². The Morgan fingerprint density at radius 1 is 0.463 bits per heavy atom. The molecular formula is C47H30N2O5. The maximum Gasteiger partial charge on any atom is 0.335 e. The Kier molecular flexibility index (Phi) is 7.75. The van der Waals surface area contributed by atoms with E-state index in [-0.39, 0.29) is 16.9 Å². The van der Waals surface area contributed by atoms with Gasteiger partial charge in [0.15, 0.2) is 0 Å². The number of para-hydroxylation sites is 1. The van der Waals surface area contributed by atoms with Crippen LogP contribution in [0.25, 0.3) is 83.0 Å². The third kappa shape index (κ3) is 5.52. The van der Waals surface area contributed by atoms with Crippen LogP contribution in [-0.4, -0.2) is 36.8 Å². The molecule has 0 fully saturated rings. The van der Waals surface area contributed by atoms with Crippen molar-refractivity contribution < 1.29 is 24.9 Å². The first-order valence-electron chi connectivity index (χ1n) is 17.4. The SMILES string of the molecule is O=C(O)c1ccc(-c2ccc3c4ccc(-c5ccc(C(=O)O)cc5)cc4c4c(nc(-c5cc(-c6ccccc6)ccc5O)n4-c4ccccc4)c3c2)cc1. The first kappa shape index (κ1) is 32.4. The first-order valence-corrected chi connectivity index (χ1v) is 17.4. The number of carboxylic acids is 2. The molecule has 54 heavy (non-hydrogen) atoms. The monoisotopic (exact) mass is 702 g/mol. The van der Waals surface area contributed by atoms with E-state index in [2.05, 4.69) is 28.8 Å². The molecule has 9 rings (SSSR count). The summed E-state index contributed by atoms with van der Waals surface area (Å²) in [5.74, 6) is -1.31. The summed E-state index contributed by atoms with van der Waals surface area (Å²) in [5.41, 5.74) is 8.91. The van der Waals surface area contributed by atoms with Gasteiger partial charge in [0, 0.05) is 16.5 Å². The second-order valence-electron chi connectivity index (χ2n) is 13.2. The molecule has 0 spiro atoms. The summed E-state index contributed by atoms with van der Waals surface area (Å²) >= 11 is 0. The van der Waals surface area contributed by atoms with Gasteiger partial charge in [-0.1, -0.05) is 103 Å². The van der Waals surface area contributed by atoms with Gasteiger partial charge in [-0.3, -0.25) is 4.57 Å². The molecule has 3 N–H and O–H groups in total. The predicted octanol–water partition coefficient (Wildman–Crippen LogP) is 11.1. The standard InChI is InChI=1S/C47H30N2O5/c50-42-24-21-35(28-7-3-1-4-8-28)27-41(42)45-48-43-39-25-33(29-11-15-31(16-12-29)46(51)52)19-22-37(39)38-23-20-34(30-13-17-32(18-14-30)47(53)54)26-40(38)44(43)49(45)36-9-5-2-6-10-36/h1-27,50H,(H,51,52)(H,53,54). The lowest BCUT2D eigenvalue weighted by Crippen LogP contribution is -1.99. The van der Waals surface area contributed by atoms with Gasteiger partial charge in [-0.15, -0.1) is 0 Å². The smallest absolute Gasteiger partial charge is 0.335 e. The molecule has 0 aliphatic rings. The third-order valence-corrected chi connectivity index (χ3v) is 10.0. The number of hydrogen-bond acceptors (Lipinski definition) is 4. The highest BCUT2D eigenvalue weighted by Gasteiger charge is 2.23. The predicted molar refractivity (Wildman–Crippen MR) is 213 cm³/mol. The van der Waals surface area contributed by atoms with Crippen LogP contribution in [0.5, 0.6) is 5.75 Å². The Balaban J connectivity index is 1.39. The fourth-order valence-corrected chi connectivity index (χ4v) is 7.31. The largest absolute Gasteiger partial charge is 0.507 e. The molecule has 1 aromatic heterocycles. The average Bonchev–Trinajstić information content (AvgIpc) is 3.62. The topological polar surface area (TPSA) is 113 Å². The highest BCUT2D eigenvalue weighted by atomic mass is 16.4. The first-order chi connectivity index (χ1) is 26.3. The number of carbonyl (C=O) groups is 2. The minimum atomic E-state index is -0.982. The molecule has 8 aromatic carbocycles. The van der Waals surface area contributed by atoms with E-state index in [1.807, 2.05) is 109 Å². The van der Waals surface area contributed by atoms with Crippen molar-refractivity contribution in [2.45, 2.75) is 0 Å². The molecule has 0 aliphatic carbocycles. The molecule has 0 radical (unpaired) electrons. The Bertz CT molecular complexity index is 2920. The number of rotatable bonds is 7. The number of aromatic hydroxyl groups is 1. The van der Waals surface area contributed by atoms with Crippen molar-refractivity contribution in [3.05, 3.63) is 175 Å². The lowest BCUT2D eigenvalue weighted by Gasteiger charge is -2.15. The Hall–Kier alpha value is -7.51. The van der Waals surface area contributed by atoms with Gasteiger partial charge in [-0.05, 0) is 105 Å². The van der Waals surface area contributed by atoms with E-state index in [1.54, 1.807) is 30.3 Å². The number of aromatic nitrogens is 2. The van der Waals surface area contributed by atoms with E-state index in [4.69, 9.17) is 4.98 Å². The number of benzene rings is 8. The molecule has 0 amide bonds. The molecule has 0 atom stereocenters. The van der Waals surface area contributed by atoms with Gasteiger partial charge in [0.2, 0.25) is 0 Å². The highest BCUT2D eigenvalue weighted by Crippen LogP contribution is 2.43. The molecule has 0 saturated heterocycles. The number of fused-ring (bicyclic) bond motifs is 6. The highest BCUT2D eigenvalue weighted by molar-refractivity contribution is 6.25. The number of aromatic carboxylic acids is 2. The Morgan fingerprint density at radius 3 is 1.50 bits per heavy atom. The maximum absolute atomic E-state index is 11.6. The number of hydrogen-bond donors (Lipinski definition) is 3. The minimum absolute atomic E-state index is 0.0919. The van der Waals surface area contributed by atoms with Crippen LogP contribution in [-0.2, 0) is 0 Å². The molecule has 7 nitrogen and oxygen atoms in total. The Morgan fingerprint density at radius 2 is 0.926 bits per heavy atom. The maximum atomic E-state index is 11.6. The zero-order valence-electron chi connectivity index (χ0n) is 28.6. The van der Waals surface area contributed by atoms with Crippen molar-refractivity contribution in [2.75, 3.05) is 0 Å². The van der Waals surface area contributed by atoms with Crippen LogP contribution in [0.3, 0.4) is 0 Å². The van der Waals surface area contributed by atoms with Crippen molar-refractivity contribution in [3.8, 4) is 56.2 Å². The second kappa shape index (κ2) is 12.9. The summed E-state index contributed by atoms with van der Waals surface area (Å²) in [6, 6.07) is 51.7. The minimum Gasteiger partial charge on any atom is -0.507 e. The van der Waals surface area contributed by atoms with Crippen LogP contribution in [0.1, 0.15) is 20.7 Å². The van der Waals surface area contributed by atoms with Gasteiger partial charge < -0.3 is 15.3 Å². The van der Waals surface area contributed by atoms with Crippen LogP contribution >= 0.6 is 0 Å². The van der Waals surface area contributed by atoms with Crippen LogP contribution in [0.2, 0.25) is 0 Å². The summed E-state index contributed by atoms with van der Waals surface area (Å²) < 4.78 is 2.10. The van der Waals surface area contributed by atoms with E-state index in [0.29, 0.717) is 11.4 Å². The van der Waals surface area contributed by atoms with Gasteiger partial charge in [0.1, 0.15) is 11.6 Å². The van der Waals surface area contributed by atoms with Crippen molar-refractivity contribution in [1.29, 1.82) is 0 Å². The fourth-order valence-electron chi connectivity index (χ4n) is 7.31. The van der Waals surface area contributed by atoms with Gasteiger partial charge >= 0.3 is 11.9 Å². The average molecular weight is 703 g/mol. The second-order valence-corrected chi connectivity index (χ2v) is 13.2. The summed E-state index contributed by atoms with van der Waals surface area (Å²) in [7, 11) is 0. The van der Waals surface area contributed by atoms with Crippen LogP contribution in [0.15, 0.2) is 164 Å². The number of carboxylic acid groups (broad SMARTS) is 2. The number of imidazole rings is 1. The number of nitrogens with zero attached hydrogens (tertiary/aromatic N) is 2. The molecule has 1 heterocycles. The quantitative estimate of drug-likeness (QED) is 0.143. The van der Waals surface area contributed by atoms with Crippen LogP contribution < -0.4 is 0 Å². The zero-order chi connectivity index (χ0) is 36.9. The van der Waals surface area contributed by atoms with Gasteiger partial charge in [0.05, 0.1) is 27.7 Å².